The second kappa shape index (κ2) is 4.22. The molecule has 0 N–H and O–H groups in total. The number of ketones is 1. The molecule has 2 heterocycles. The molecular formula is C11H11N3O2. The van der Waals surface area contributed by atoms with Gasteiger partial charge < -0.3 is 4.90 Å². The average Bonchev–Trinajstić information content (AvgIpc) is 2.70. The molecule has 82 valence electrons. The van der Waals surface area contributed by atoms with Gasteiger partial charge in [0, 0.05) is 18.9 Å². The molecule has 2 rings (SSSR count). The summed E-state index contributed by atoms with van der Waals surface area (Å²) in [5.41, 5.74) is 0.242. The van der Waals surface area contributed by atoms with Crippen molar-refractivity contribution >= 4 is 11.7 Å². The van der Waals surface area contributed by atoms with Crippen LogP contribution in [0.15, 0.2) is 31.4 Å². The zero-order valence-corrected chi connectivity index (χ0v) is 8.67. The van der Waals surface area contributed by atoms with Crippen LogP contribution >= 0.6 is 0 Å². The minimum absolute atomic E-state index is 0.203. The number of amides is 1. The summed E-state index contributed by atoms with van der Waals surface area (Å²) in [6, 6.07) is 0. The van der Waals surface area contributed by atoms with E-state index in [0.717, 1.165) is 0 Å². The summed E-state index contributed by atoms with van der Waals surface area (Å²) in [5.74, 6) is -1.09. The highest BCUT2D eigenvalue weighted by Crippen LogP contribution is 2.21. The maximum absolute atomic E-state index is 11.9. The van der Waals surface area contributed by atoms with E-state index >= 15 is 0 Å². The lowest BCUT2D eigenvalue weighted by Crippen LogP contribution is -2.27. The summed E-state index contributed by atoms with van der Waals surface area (Å²) in [6.45, 7) is 4.07. The molecule has 0 aliphatic carbocycles. The topological polar surface area (TPSA) is 63.2 Å². The first kappa shape index (κ1) is 10.5. The third kappa shape index (κ3) is 1.71. The number of nitrogens with zero attached hydrogens (tertiary/aromatic N) is 3. The second-order valence-corrected chi connectivity index (χ2v) is 3.51. The van der Waals surface area contributed by atoms with E-state index in [4.69, 9.17) is 0 Å². The predicted octanol–water partition coefficient (Wildman–Crippen LogP) is 0.651. The van der Waals surface area contributed by atoms with E-state index in [1.165, 1.54) is 29.7 Å². The molecule has 5 heteroatoms. The Hall–Kier alpha value is -2.04. The first-order valence-corrected chi connectivity index (χ1v) is 4.97. The van der Waals surface area contributed by atoms with Gasteiger partial charge in [0.15, 0.2) is 5.78 Å². The number of carbonyl (C=O) groups excluding carboxylic acids is 2. The molecule has 0 radical (unpaired) electrons. The molecule has 0 bridgehead atoms. The van der Waals surface area contributed by atoms with Crippen LogP contribution in [0.25, 0.3) is 0 Å². The second-order valence-electron chi connectivity index (χ2n) is 3.51. The molecule has 0 spiro atoms. The zero-order chi connectivity index (χ0) is 11.5. The molecule has 1 fully saturated rings. The van der Waals surface area contributed by atoms with Gasteiger partial charge in [-0.2, -0.15) is 0 Å². The van der Waals surface area contributed by atoms with Gasteiger partial charge in [0.2, 0.25) is 5.91 Å². The van der Waals surface area contributed by atoms with Crippen molar-refractivity contribution in [2.75, 3.05) is 6.54 Å². The van der Waals surface area contributed by atoms with Crippen LogP contribution in [-0.4, -0.2) is 33.1 Å². The van der Waals surface area contributed by atoms with Gasteiger partial charge in [-0.15, -0.1) is 0 Å². The zero-order valence-electron chi connectivity index (χ0n) is 8.67. The molecule has 1 aromatic heterocycles. The largest absolute Gasteiger partial charge is 0.319 e. The van der Waals surface area contributed by atoms with Gasteiger partial charge in [0.05, 0.1) is 6.20 Å². The van der Waals surface area contributed by atoms with E-state index in [1.54, 1.807) is 0 Å². The highest BCUT2D eigenvalue weighted by atomic mass is 16.2. The van der Waals surface area contributed by atoms with Crippen molar-refractivity contribution in [3.8, 4) is 0 Å². The number of hydrogen-bond donors (Lipinski definition) is 0. The van der Waals surface area contributed by atoms with Crippen LogP contribution in [0.3, 0.4) is 0 Å². The van der Waals surface area contributed by atoms with Crippen molar-refractivity contribution in [2.24, 2.45) is 5.92 Å². The first-order valence-electron chi connectivity index (χ1n) is 4.97. The summed E-state index contributed by atoms with van der Waals surface area (Å²) in [7, 11) is 0. The highest BCUT2D eigenvalue weighted by molar-refractivity contribution is 6.10. The molecule has 1 aliphatic rings. The Morgan fingerprint density at radius 1 is 1.56 bits per heavy atom. The van der Waals surface area contributed by atoms with Crippen molar-refractivity contribution in [2.45, 2.75) is 6.42 Å². The van der Waals surface area contributed by atoms with Gasteiger partial charge in [-0.1, -0.05) is 6.58 Å². The molecule has 1 atom stereocenters. The fourth-order valence-corrected chi connectivity index (χ4v) is 1.73. The minimum atomic E-state index is -0.630. The van der Waals surface area contributed by atoms with Gasteiger partial charge in [-0.05, 0) is 12.6 Å². The van der Waals surface area contributed by atoms with Crippen LogP contribution in [0.4, 0.5) is 0 Å². The summed E-state index contributed by atoms with van der Waals surface area (Å²) in [6.07, 6.45) is 6.28. The normalized spacial score (nSPS) is 19.9. The molecule has 1 aromatic rings. The quantitative estimate of drug-likeness (QED) is 0.551. The Balaban J connectivity index is 2.19. The average molecular weight is 217 g/mol. The van der Waals surface area contributed by atoms with Crippen molar-refractivity contribution in [3.05, 3.63) is 37.1 Å². The molecule has 1 aliphatic heterocycles. The van der Waals surface area contributed by atoms with Gasteiger partial charge in [0.25, 0.3) is 0 Å². The fraction of sp³-hybridized carbons (Fsp3) is 0.273. The molecule has 0 aromatic carbocycles. The Bertz CT molecular complexity index is 430. The maximum Gasteiger partial charge on any atom is 0.237 e. The number of hydrogen-bond acceptors (Lipinski definition) is 4. The summed E-state index contributed by atoms with van der Waals surface area (Å²) in [4.78, 5) is 32.8. The number of rotatable bonds is 3. The third-order valence-corrected chi connectivity index (χ3v) is 2.59. The summed E-state index contributed by atoms with van der Waals surface area (Å²) in [5, 5.41) is 0. The lowest BCUT2D eigenvalue weighted by molar-refractivity contribution is -0.127. The number of Topliss-reactive ketones (excluding diaryl/α,β-unsaturated/α-hetero) is 1. The SMILES string of the molecule is C=CN1CC[C@H](C(=O)c2cnccn2)C1=O. The predicted molar refractivity (Wildman–Crippen MR) is 56.4 cm³/mol. The highest BCUT2D eigenvalue weighted by Gasteiger charge is 2.36. The van der Waals surface area contributed by atoms with Crippen LogP contribution < -0.4 is 0 Å². The van der Waals surface area contributed by atoms with Crippen molar-refractivity contribution in [3.63, 3.8) is 0 Å². The van der Waals surface area contributed by atoms with Crippen LogP contribution in [0.5, 0.6) is 0 Å². The molecule has 0 saturated carbocycles. The van der Waals surface area contributed by atoms with Crippen LogP contribution in [0, 0.1) is 5.92 Å². The van der Waals surface area contributed by atoms with Crippen LogP contribution in [0.1, 0.15) is 16.9 Å². The van der Waals surface area contributed by atoms with Crippen LogP contribution in [-0.2, 0) is 4.79 Å². The van der Waals surface area contributed by atoms with E-state index in [-0.39, 0.29) is 17.4 Å². The van der Waals surface area contributed by atoms with E-state index in [9.17, 15) is 9.59 Å². The van der Waals surface area contributed by atoms with E-state index in [0.29, 0.717) is 13.0 Å². The smallest absolute Gasteiger partial charge is 0.237 e. The lowest BCUT2D eigenvalue weighted by Gasteiger charge is -2.09. The van der Waals surface area contributed by atoms with Gasteiger partial charge in [-0.25, -0.2) is 4.98 Å². The molecule has 16 heavy (non-hydrogen) atoms. The van der Waals surface area contributed by atoms with Gasteiger partial charge in [-0.3, -0.25) is 14.6 Å². The van der Waals surface area contributed by atoms with E-state index in [2.05, 4.69) is 16.5 Å². The fourth-order valence-electron chi connectivity index (χ4n) is 1.73. The Kier molecular flexibility index (Phi) is 2.76. The minimum Gasteiger partial charge on any atom is -0.319 e. The van der Waals surface area contributed by atoms with E-state index in [1.807, 2.05) is 0 Å². The lowest BCUT2D eigenvalue weighted by atomic mass is 10.0. The third-order valence-electron chi connectivity index (χ3n) is 2.59. The maximum atomic E-state index is 11.9. The van der Waals surface area contributed by atoms with E-state index < -0.39 is 5.92 Å². The molecule has 5 nitrogen and oxygen atoms in total. The van der Waals surface area contributed by atoms with Crippen molar-refractivity contribution in [1.82, 2.24) is 14.9 Å². The van der Waals surface area contributed by atoms with Crippen molar-refractivity contribution in [1.29, 1.82) is 0 Å². The first-order chi connectivity index (χ1) is 7.74. The number of aromatic nitrogens is 2. The van der Waals surface area contributed by atoms with Gasteiger partial charge in [0.1, 0.15) is 11.6 Å². The molecule has 0 unspecified atom stereocenters. The van der Waals surface area contributed by atoms with Crippen molar-refractivity contribution < 1.29 is 9.59 Å². The Labute approximate surface area is 92.8 Å². The summed E-state index contributed by atoms with van der Waals surface area (Å²) >= 11 is 0. The monoisotopic (exact) mass is 217 g/mol. The Morgan fingerprint density at radius 3 is 2.94 bits per heavy atom. The summed E-state index contributed by atoms with van der Waals surface area (Å²) < 4.78 is 0. The van der Waals surface area contributed by atoms with Gasteiger partial charge >= 0.3 is 0 Å². The number of likely N-dealkylation sites (tertiary alicyclic amines) is 1. The van der Waals surface area contributed by atoms with Crippen LogP contribution in [0.2, 0.25) is 0 Å². The molecule has 1 saturated heterocycles. The number of carbonyl (C=O) groups is 2. The Morgan fingerprint density at radius 2 is 2.38 bits per heavy atom. The molecule has 1 amide bonds. The standard InChI is InChI=1S/C11H11N3O2/c1-2-14-6-3-8(11(14)16)10(15)9-7-12-4-5-13-9/h2,4-5,7-8H,1,3,6H2/t8-/m1/s1. The molecular weight excluding hydrogens is 206 g/mol.